The van der Waals surface area contributed by atoms with E-state index in [0.717, 1.165) is 47.7 Å². The van der Waals surface area contributed by atoms with Crippen molar-refractivity contribution in [1.29, 1.82) is 0 Å². The molecule has 7 heteroatoms. The van der Waals surface area contributed by atoms with Crippen LogP contribution < -0.4 is 10.6 Å². The number of amides is 1. The van der Waals surface area contributed by atoms with Crippen molar-refractivity contribution >= 4 is 5.91 Å². The van der Waals surface area contributed by atoms with Crippen LogP contribution in [0.2, 0.25) is 0 Å². The molecule has 2 rings (SSSR count). The zero-order chi connectivity index (χ0) is 19.8. The second-order valence-electron chi connectivity index (χ2n) is 6.64. The summed E-state index contributed by atoms with van der Waals surface area (Å²) in [5.74, 6) is -0.333. The van der Waals surface area contributed by atoms with E-state index in [-0.39, 0.29) is 18.1 Å². The summed E-state index contributed by atoms with van der Waals surface area (Å²) in [5.41, 5.74) is 4.58. The van der Waals surface area contributed by atoms with Crippen LogP contribution in [0, 0.1) is 26.6 Å². The number of carbonyl (C=O) groups excluding carboxylic acids is 1. The van der Waals surface area contributed by atoms with Crippen molar-refractivity contribution in [2.24, 2.45) is 0 Å². The molecule has 1 aromatic heterocycles. The standard InChI is InChI=1S/C20H29FN4O2/c1-14-11-18(21)6-5-17(14)13-23-20(26)12-19-15(2)24-25(16(19)3)9-7-22-8-10-27-4/h5-6,11,22H,7-10,12-13H2,1-4H3,(H,23,26). The maximum absolute atomic E-state index is 13.2. The van der Waals surface area contributed by atoms with Crippen molar-refractivity contribution in [3.05, 3.63) is 52.1 Å². The van der Waals surface area contributed by atoms with Crippen LogP contribution in [0.25, 0.3) is 0 Å². The normalized spacial score (nSPS) is 11.0. The fraction of sp³-hybridized carbons (Fsp3) is 0.500. The molecule has 0 fully saturated rings. The molecule has 0 aliphatic rings. The van der Waals surface area contributed by atoms with Gasteiger partial charge in [-0.15, -0.1) is 0 Å². The van der Waals surface area contributed by atoms with Gasteiger partial charge in [-0.25, -0.2) is 4.39 Å². The minimum absolute atomic E-state index is 0.0669. The third-order valence-electron chi connectivity index (χ3n) is 4.63. The van der Waals surface area contributed by atoms with Crippen LogP contribution in [0.4, 0.5) is 4.39 Å². The summed E-state index contributed by atoms with van der Waals surface area (Å²) >= 11 is 0. The van der Waals surface area contributed by atoms with E-state index in [2.05, 4.69) is 15.7 Å². The monoisotopic (exact) mass is 376 g/mol. The Labute approximate surface area is 160 Å². The highest BCUT2D eigenvalue weighted by Crippen LogP contribution is 2.14. The molecule has 2 aromatic rings. The predicted molar refractivity (Wildman–Crippen MR) is 103 cm³/mol. The van der Waals surface area contributed by atoms with E-state index < -0.39 is 0 Å². The van der Waals surface area contributed by atoms with Gasteiger partial charge in [-0.2, -0.15) is 5.10 Å². The smallest absolute Gasteiger partial charge is 0.224 e. The number of carbonyl (C=O) groups is 1. The van der Waals surface area contributed by atoms with Crippen molar-refractivity contribution < 1.29 is 13.9 Å². The molecule has 1 aromatic carbocycles. The summed E-state index contributed by atoms with van der Waals surface area (Å²) in [5, 5.41) is 10.7. The lowest BCUT2D eigenvalue weighted by molar-refractivity contribution is -0.120. The number of rotatable bonds is 10. The second kappa shape index (κ2) is 10.2. The van der Waals surface area contributed by atoms with E-state index in [1.807, 2.05) is 25.5 Å². The Bertz CT molecular complexity index is 774. The van der Waals surface area contributed by atoms with Crippen LogP contribution in [-0.2, 0) is 29.0 Å². The van der Waals surface area contributed by atoms with Crippen molar-refractivity contribution in [2.75, 3.05) is 26.8 Å². The quantitative estimate of drug-likeness (QED) is 0.623. The molecule has 0 aliphatic heterocycles. The van der Waals surface area contributed by atoms with Gasteiger partial charge in [0, 0.05) is 38.0 Å². The molecule has 27 heavy (non-hydrogen) atoms. The van der Waals surface area contributed by atoms with Gasteiger partial charge in [0.15, 0.2) is 0 Å². The average molecular weight is 376 g/mol. The first-order valence-corrected chi connectivity index (χ1v) is 9.16. The summed E-state index contributed by atoms with van der Waals surface area (Å²) < 4.78 is 20.1. The number of ether oxygens (including phenoxy) is 1. The van der Waals surface area contributed by atoms with Crippen molar-refractivity contribution in [3.8, 4) is 0 Å². The number of hydrogen-bond acceptors (Lipinski definition) is 4. The molecule has 1 amide bonds. The van der Waals surface area contributed by atoms with E-state index in [1.165, 1.54) is 12.1 Å². The second-order valence-corrected chi connectivity index (χ2v) is 6.64. The Morgan fingerprint density at radius 1 is 1.26 bits per heavy atom. The number of nitrogens with one attached hydrogen (secondary N) is 2. The van der Waals surface area contributed by atoms with Gasteiger partial charge < -0.3 is 15.4 Å². The van der Waals surface area contributed by atoms with Crippen molar-refractivity contribution in [3.63, 3.8) is 0 Å². The number of hydrogen-bond donors (Lipinski definition) is 2. The van der Waals surface area contributed by atoms with Crippen LogP contribution in [0.1, 0.15) is 28.1 Å². The highest BCUT2D eigenvalue weighted by molar-refractivity contribution is 5.79. The average Bonchev–Trinajstić information content (AvgIpc) is 2.88. The van der Waals surface area contributed by atoms with Crippen LogP contribution in [0.15, 0.2) is 18.2 Å². The maximum Gasteiger partial charge on any atom is 0.224 e. The summed E-state index contributed by atoms with van der Waals surface area (Å²) in [4.78, 5) is 12.4. The van der Waals surface area contributed by atoms with Gasteiger partial charge in [-0.1, -0.05) is 6.07 Å². The van der Waals surface area contributed by atoms with E-state index in [4.69, 9.17) is 4.74 Å². The Hall–Kier alpha value is -2.25. The Kier molecular flexibility index (Phi) is 7.94. The van der Waals surface area contributed by atoms with Gasteiger partial charge in [0.2, 0.25) is 5.91 Å². The van der Waals surface area contributed by atoms with Crippen LogP contribution >= 0.6 is 0 Å². The molecular weight excluding hydrogens is 347 g/mol. The zero-order valence-electron chi connectivity index (χ0n) is 16.6. The predicted octanol–water partition coefficient (Wildman–Crippen LogP) is 2.04. The molecule has 0 unspecified atom stereocenters. The minimum Gasteiger partial charge on any atom is -0.383 e. The highest BCUT2D eigenvalue weighted by Gasteiger charge is 2.15. The molecule has 148 valence electrons. The fourth-order valence-corrected chi connectivity index (χ4v) is 2.97. The first kappa shape index (κ1) is 21.1. The molecule has 0 spiro atoms. The van der Waals surface area contributed by atoms with Crippen LogP contribution in [0.5, 0.6) is 0 Å². The largest absolute Gasteiger partial charge is 0.383 e. The number of aryl methyl sites for hydroxylation is 2. The van der Waals surface area contributed by atoms with E-state index in [9.17, 15) is 9.18 Å². The van der Waals surface area contributed by atoms with Gasteiger partial charge >= 0.3 is 0 Å². The van der Waals surface area contributed by atoms with E-state index in [1.54, 1.807) is 13.2 Å². The summed E-state index contributed by atoms with van der Waals surface area (Å²) in [7, 11) is 1.68. The molecule has 2 N–H and O–H groups in total. The molecule has 1 heterocycles. The molecule has 0 bridgehead atoms. The minimum atomic E-state index is -0.266. The van der Waals surface area contributed by atoms with E-state index in [0.29, 0.717) is 13.2 Å². The molecule has 6 nitrogen and oxygen atoms in total. The van der Waals surface area contributed by atoms with Gasteiger partial charge in [0.1, 0.15) is 5.82 Å². The van der Waals surface area contributed by atoms with Gasteiger partial charge in [0.25, 0.3) is 0 Å². The van der Waals surface area contributed by atoms with Gasteiger partial charge in [-0.05, 0) is 44.0 Å². The Morgan fingerprint density at radius 3 is 2.74 bits per heavy atom. The summed E-state index contributed by atoms with van der Waals surface area (Å²) in [6.07, 6.45) is 0.287. The molecule has 0 radical (unpaired) electrons. The maximum atomic E-state index is 13.2. The summed E-state index contributed by atoms with van der Waals surface area (Å²) in [6, 6.07) is 4.59. The lowest BCUT2D eigenvalue weighted by Gasteiger charge is -2.09. The number of methoxy groups -OCH3 is 1. The lowest BCUT2D eigenvalue weighted by atomic mass is 10.1. The fourth-order valence-electron chi connectivity index (χ4n) is 2.97. The van der Waals surface area contributed by atoms with Gasteiger partial charge in [0.05, 0.1) is 25.3 Å². The first-order chi connectivity index (χ1) is 12.9. The zero-order valence-corrected chi connectivity index (χ0v) is 16.6. The van der Waals surface area contributed by atoms with Crippen LogP contribution in [0.3, 0.4) is 0 Å². The van der Waals surface area contributed by atoms with E-state index >= 15 is 0 Å². The number of aromatic nitrogens is 2. The number of nitrogens with zero attached hydrogens (tertiary/aromatic N) is 2. The third-order valence-corrected chi connectivity index (χ3v) is 4.63. The van der Waals surface area contributed by atoms with Crippen molar-refractivity contribution in [2.45, 2.75) is 40.3 Å². The molecule has 0 saturated carbocycles. The molecule has 0 saturated heterocycles. The highest BCUT2D eigenvalue weighted by atomic mass is 19.1. The molecule has 0 atom stereocenters. The molecular formula is C20H29FN4O2. The SMILES string of the molecule is COCCNCCn1nc(C)c(CC(=O)NCc2ccc(F)cc2C)c1C. The molecule has 0 aliphatic carbocycles. The number of halogens is 1. The lowest BCUT2D eigenvalue weighted by Crippen LogP contribution is -2.26. The van der Waals surface area contributed by atoms with Crippen LogP contribution in [-0.4, -0.2) is 42.5 Å². The van der Waals surface area contributed by atoms with Crippen molar-refractivity contribution in [1.82, 2.24) is 20.4 Å². The Morgan fingerprint density at radius 2 is 2.04 bits per heavy atom. The third kappa shape index (κ3) is 6.15. The van der Waals surface area contributed by atoms with Gasteiger partial charge in [-0.3, -0.25) is 9.48 Å². The topological polar surface area (TPSA) is 68.2 Å². The Balaban J connectivity index is 1.89. The first-order valence-electron chi connectivity index (χ1n) is 9.16. The number of benzene rings is 1. The summed E-state index contributed by atoms with van der Waals surface area (Å²) in [6.45, 7) is 9.15.